The molecule has 0 aliphatic carbocycles. The molecule has 0 aromatic carbocycles. The van der Waals surface area contributed by atoms with E-state index in [1.807, 2.05) is 0 Å². The molecule has 108 valence electrons. The minimum atomic E-state index is -4.44. The predicted octanol–water partition coefficient (Wildman–Crippen LogP) is 2.17. The molecule has 1 aromatic heterocycles. The van der Waals surface area contributed by atoms with E-state index >= 15 is 0 Å². The molecule has 19 heavy (non-hydrogen) atoms. The van der Waals surface area contributed by atoms with Crippen LogP contribution >= 0.6 is 0 Å². The Morgan fingerprint density at radius 1 is 1.37 bits per heavy atom. The summed E-state index contributed by atoms with van der Waals surface area (Å²) < 4.78 is 65.3. The Morgan fingerprint density at radius 3 is 2.42 bits per heavy atom. The largest absolute Gasteiger partial charge is 0.468 e. The van der Waals surface area contributed by atoms with Crippen molar-refractivity contribution in [3.8, 4) is 5.88 Å². The molecule has 0 atom stereocenters. The molecule has 1 aromatic rings. The summed E-state index contributed by atoms with van der Waals surface area (Å²) in [6.45, 7) is 1.55. The highest BCUT2D eigenvalue weighted by Gasteiger charge is 2.28. The lowest BCUT2D eigenvalue weighted by Crippen LogP contribution is -2.22. The number of hydrogen-bond donors (Lipinski definition) is 1. The number of nitrogens with one attached hydrogen (secondary N) is 1. The molecule has 0 saturated heterocycles. The minimum absolute atomic E-state index is 0.160. The second kappa shape index (κ2) is 5.64. The van der Waals surface area contributed by atoms with Crippen LogP contribution in [0.3, 0.4) is 0 Å². The van der Waals surface area contributed by atoms with Crippen LogP contribution in [-0.4, -0.2) is 31.4 Å². The Labute approximate surface area is 108 Å². The van der Waals surface area contributed by atoms with Gasteiger partial charge in [-0.1, -0.05) is 0 Å². The van der Waals surface area contributed by atoms with Crippen molar-refractivity contribution in [1.29, 1.82) is 0 Å². The van der Waals surface area contributed by atoms with Gasteiger partial charge in [0.05, 0.1) is 17.1 Å². The lowest BCUT2D eigenvalue weighted by molar-refractivity contribution is -0.154. The Bertz CT molecular complexity index is 512. The fourth-order valence-corrected chi connectivity index (χ4v) is 1.65. The first-order valence-electron chi connectivity index (χ1n) is 5.27. The molecular formula is C10H13F3N2O3S. The van der Waals surface area contributed by atoms with Gasteiger partial charge in [0.1, 0.15) is 0 Å². The van der Waals surface area contributed by atoms with Crippen LogP contribution < -0.4 is 9.46 Å². The molecule has 1 rings (SSSR count). The fourth-order valence-electron chi connectivity index (χ4n) is 0.964. The normalized spacial score (nSPS) is 12.5. The summed E-state index contributed by atoms with van der Waals surface area (Å²) in [6, 6.07) is 2.43. The summed E-state index contributed by atoms with van der Waals surface area (Å²) in [7, 11) is -3.51. The Hall–Kier alpha value is -1.51. The van der Waals surface area contributed by atoms with Crippen LogP contribution in [0.2, 0.25) is 0 Å². The summed E-state index contributed by atoms with van der Waals surface area (Å²) in [5, 5.41) is -0.631. The van der Waals surface area contributed by atoms with E-state index in [1.165, 1.54) is 19.9 Å². The summed E-state index contributed by atoms with van der Waals surface area (Å²) in [5.41, 5.74) is 0.160. The maximum absolute atomic E-state index is 11.9. The highest BCUT2D eigenvalue weighted by Crippen LogP contribution is 2.18. The van der Waals surface area contributed by atoms with E-state index in [1.54, 1.807) is 0 Å². The summed E-state index contributed by atoms with van der Waals surface area (Å²) in [6.07, 6.45) is -3.36. The molecule has 0 aliphatic heterocycles. The third-order valence-electron chi connectivity index (χ3n) is 2.00. The standard InChI is InChI=1S/C10H13F3N2O3S/c1-7(2)19(16,17)15-8-3-4-9(14-5-8)18-6-10(11,12)13/h3-5,7,15H,6H2,1-2H3. The third kappa shape index (κ3) is 5.33. The van der Waals surface area contributed by atoms with Gasteiger partial charge in [0.25, 0.3) is 0 Å². The molecule has 1 heterocycles. The predicted molar refractivity (Wildman–Crippen MR) is 63.5 cm³/mol. The van der Waals surface area contributed by atoms with Gasteiger partial charge in [-0.05, 0) is 19.9 Å². The van der Waals surface area contributed by atoms with Gasteiger partial charge in [-0.3, -0.25) is 4.72 Å². The number of rotatable bonds is 5. The summed E-state index contributed by atoms with van der Waals surface area (Å²) in [5.74, 6) is -0.232. The molecule has 1 N–H and O–H groups in total. The van der Waals surface area contributed by atoms with Crippen molar-refractivity contribution in [3.63, 3.8) is 0 Å². The monoisotopic (exact) mass is 298 g/mol. The van der Waals surface area contributed by atoms with Crippen LogP contribution in [0.4, 0.5) is 18.9 Å². The van der Waals surface area contributed by atoms with E-state index in [0.29, 0.717) is 0 Å². The number of sulfonamides is 1. The van der Waals surface area contributed by atoms with Crippen LogP contribution in [0, 0.1) is 0 Å². The van der Waals surface area contributed by atoms with Gasteiger partial charge in [-0.25, -0.2) is 13.4 Å². The van der Waals surface area contributed by atoms with Gasteiger partial charge in [-0.2, -0.15) is 13.2 Å². The van der Waals surface area contributed by atoms with Crippen molar-refractivity contribution in [3.05, 3.63) is 18.3 Å². The van der Waals surface area contributed by atoms with Crippen LogP contribution in [0.15, 0.2) is 18.3 Å². The van der Waals surface area contributed by atoms with Gasteiger partial charge in [0.15, 0.2) is 6.61 Å². The number of aromatic nitrogens is 1. The second-order valence-electron chi connectivity index (χ2n) is 3.98. The van der Waals surface area contributed by atoms with E-state index < -0.39 is 28.1 Å². The topological polar surface area (TPSA) is 68.3 Å². The summed E-state index contributed by atoms with van der Waals surface area (Å²) in [4.78, 5) is 3.58. The van der Waals surface area contributed by atoms with Crippen LogP contribution in [0.25, 0.3) is 0 Å². The van der Waals surface area contributed by atoms with Crippen molar-refractivity contribution in [2.24, 2.45) is 0 Å². The smallest absolute Gasteiger partial charge is 0.422 e. The molecule has 0 unspecified atom stereocenters. The Kier molecular flexibility index (Phi) is 4.61. The molecule has 0 saturated carbocycles. The zero-order valence-corrected chi connectivity index (χ0v) is 11.0. The SMILES string of the molecule is CC(C)S(=O)(=O)Nc1ccc(OCC(F)(F)F)nc1. The molecule has 0 radical (unpaired) electrons. The number of ether oxygens (including phenoxy) is 1. The van der Waals surface area contributed by atoms with Crippen LogP contribution in [0.1, 0.15) is 13.8 Å². The average molecular weight is 298 g/mol. The molecule has 0 amide bonds. The van der Waals surface area contributed by atoms with Gasteiger partial charge in [-0.15, -0.1) is 0 Å². The quantitative estimate of drug-likeness (QED) is 0.904. The van der Waals surface area contributed by atoms with Crippen LogP contribution in [0.5, 0.6) is 5.88 Å². The summed E-state index contributed by atoms with van der Waals surface area (Å²) >= 11 is 0. The number of pyridine rings is 1. The van der Waals surface area contributed by atoms with E-state index in [9.17, 15) is 21.6 Å². The first-order valence-corrected chi connectivity index (χ1v) is 6.82. The average Bonchev–Trinajstić information content (AvgIpc) is 2.26. The number of nitrogens with zero attached hydrogens (tertiary/aromatic N) is 1. The van der Waals surface area contributed by atoms with Gasteiger partial charge >= 0.3 is 6.18 Å². The maximum atomic E-state index is 11.9. The van der Waals surface area contributed by atoms with Crippen molar-refractivity contribution in [2.75, 3.05) is 11.3 Å². The molecule has 0 bridgehead atoms. The first kappa shape index (κ1) is 15.5. The number of anilines is 1. The zero-order valence-electron chi connectivity index (χ0n) is 10.2. The van der Waals surface area contributed by atoms with E-state index in [0.717, 1.165) is 12.3 Å². The van der Waals surface area contributed by atoms with E-state index in [4.69, 9.17) is 0 Å². The second-order valence-corrected chi connectivity index (χ2v) is 6.22. The lowest BCUT2D eigenvalue weighted by Gasteiger charge is -2.11. The number of alkyl halides is 3. The van der Waals surface area contributed by atoms with Crippen molar-refractivity contribution < 1.29 is 26.3 Å². The molecule has 5 nitrogen and oxygen atoms in total. The lowest BCUT2D eigenvalue weighted by atomic mass is 10.4. The zero-order chi connectivity index (χ0) is 14.7. The number of hydrogen-bond acceptors (Lipinski definition) is 4. The highest BCUT2D eigenvalue weighted by atomic mass is 32.2. The highest BCUT2D eigenvalue weighted by molar-refractivity contribution is 7.93. The van der Waals surface area contributed by atoms with E-state index in [-0.39, 0.29) is 11.6 Å². The molecule has 0 spiro atoms. The first-order chi connectivity index (χ1) is 8.60. The fraction of sp³-hybridized carbons (Fsp3) is 0.500. The number of halogens is 3. The molecule has 0 aliphatic rings. The minimum Gasteiger partial charge on any atom is -0.468 e. The molecular weight excluding hydrogens is 285 g/mol. The third-order valence-corrected chi connectivity index (χ3v) is 3.76. The van der Waals surface area contributed by atoms with Gasteiger partial charge < -0.3 is 4.74 Å². The van der Waals surface area contributed by atoms with Gasteiger partial charge in [0.2, 0.25) is 15.9 Å². The van der Waals surface area contributed by atoms with Crippen molar-refractivity contribution in [2.45, 2.75) is 25.3 Å². The van der Waals surface area contributed by atoms with Crippen molar-refractivity contribution >= 4 is 15.7 Å². The Balaban J connectivity index is 2.67. The van der Waals surface area contributed by atoms with E-state index in [2.05, 4.69) is 14.4 Å². The van der Waals surface area contributed by atoms with Crippen LogP contribution in [-0.2, 0) is 10.0 Å². The molecule has 0 fully saturated rings. The Morgan fingerprint density at radius 2 is 2.00 bits per heavy atom. The van der Waals surface area contributed by atoms with Crippen molar-refractivity contribution in [1.82, 2.24) is 4.98 Å². The van der Waals surface area contributed by atoms with Gasteiger partial charge in [0, 0.05) is 6.07 Å². The molecule has 9 heteroatoms. The maximum Gasteiger partial charge on any atom is 0.422 e.